The molecule has 6 nitrogen and oxygen atoms in total. The molecular formula is C12H7Cl2N5OS. The Morgan fingerprint density at radius 2 is 2.10 bits per heavy atom. The van der Waals surface area contributed by atoms with Crippen molar-refractivity contribution >= 4 is 46.1 Å². The topological polar surface area (TPSA) is 72.7 Å². The number of nitrogens with one attached hydrogen (secondary N) is 1. The fourth-order valence-corrected chi connectivity index (χ4v) is 2.71. The molecule has 0 spiro atoms. The van der Waals surface area contributed by atoms with Crippen molar-refractivity contribution in [2.24, 2.45) is 0 Å². The van der Waals surface area contributed by atoms with Crippen LogP contribution in [0.1, 0.15) is 9.80 Å². The summed E-state index contributed by atoms with van der Waals surface area (Å²) in [5, 5.41) is 14.8. The van der Waals surface area contributed by atoms with Gasteiger partial charge in [0.05, 0.1) is 10.7 Å². The van der Waals surface area contributed by atoms with Crippen LogP contribution >= 0.6 is 34.5 Å². The number of rotatable bonds is 3. The Morgan fingerprint density at radius 3 is 2.76 bits per heavy atom. The molecule has 0 saturated carbocycles. The Bertz CT molecular complexity index is 787. The molecule has 0 bridgehead atoms. The number of carbonyl (C=O) groups is 1. The van der Waals surface area contributed by atoms with Crippen LogP contribution in [0.3, 0.4) is 0 Å². The van der Waals surface area contributed by atoms with E-state index in [1.54, 1.807) is 41.3 Å². The van der Waals surface area contributed by atoms with Crippen LogP contribution in [0.4, 0.5) is 5.69 Å². The highest BCUT2D eigenvalue weighted by Gasteiger charge is 2.16. The molecule has 1 N–H and O–H groups in total. The highest BCUT2D eigenvalue weighted by molar-refractivity contribution is 7.17. The molecule has 0 aliphatic rings. The largest absolute Gasteiger partial charge is 0.318 e. The molecule has 1 amide bonds. The second-order valence-corrected chi connectivity index (χ2v) is 5.87. The van der Waals surface area contributed by atoms with Gasteiger partial charge in [-0.1, -0.05) is 29.0 Å². The Balaban J connectivity index is 1.96. The molecule has 0 saturated heterocycles. The second-order valence-electron chi connectivity index (χ2n) is 3.90. The third kappa shape index (κ3) is 2.90. The molecule has 0 fully saturated rings. The second kappa shape index (κ2) is 5.80. The van der Waals surface area contributed by atoms with E-state index in [0.29, 0.717) is 16.4 Å². The Labute approximate surface area is 133 Å². The number of carbonyl (C=O) groups excluding carboxylic acids is 1. The van der Waals surface area contributed by atoms with Crippen molar-refractivity contribution in [2.45, 2.75) is 0 Å². The molecule has 0 unspecified atom stereocenters. The van der Waals surface area contributed by atoms with Crippen molar-refractivity contribution in [1.29, 1.82) is 0 Å². The summed E-state index contributed by atoms with van der Waals surface area (Å²) in [4.78, 5) is 12.1. The number of para-hydroxylation sites is 1. The summed E-state index contributed by atoms with van der Waals surface area (Å²) in [6.07, 6.45) is 3.36. The van der Waals surface area contributed by atoms with Gasteiger partial charge in [0.15, 0.2) is 0 Å². The fraction of sp³-hybridized carbons (Fsp3) is 0. The summed E-state index contributed by atoms with van der Waals surface area (Å²) >= 11 is 12.9. The van der Waals surface area contributed by atoms with E-state index in [2.05, 4.69) is 20.6 Å². The third-order valence-corrected chi connectivity index (χ3v) is 3.89. The molecule has 0 atom stereocenters. The molecule has 2 heterocycles. The lowest BCUT2D eigenvalue weighted by Crippen LogP contribution is -2.14. The van der Waals surface area contributed by atoms with Crippen LogP contribution in [0.15, 0.2) is 36.7 Å². The van der Waals surface area contributed by atoms with E-state index in [1.807, 2.05) is 0 Å². The van der Waals surface area contributed by atoms with E-state index in [4.69, 9.17) is 23.2 Å². The van der Waals surface area contributed by atoms with Crippen LogP contribution < -0.4 is 5.32 Å². The van der Waals surface area contributed by atoms with Gasteiger partial charge in [-0.3, -0.25) is 4.79 Å². The van der Waals surface area contributed by atoms with Crippen LogP contribution in [-0.2, 0) is 0 Å². The zero-order valence-electron chi connectivity index (χ0n) is 10.3. The maximum absolute atomic E-state index is 12.1. The number of amides is 1. The lowest BCUT2D eigenvalue weighted by atomic mass is 10.2. The zero-order valence-corrected chi connectivity index (χ0v) is 12.7. The SMILES string of the molecule is O=C(Nc1cccc(Cl)c1-n1cccn1)c1nnc(Cl)s1. The van der Waals surface area contributed by atoms with E-state index in [9.17, 15) is 4.79 Å². The number of nitrogens with zero attached hydrogens (tertiary/aromatic N) is 4. The molecule has 0 radical (unpaired) electrons. The van der Waals surface area contributed by atoms with E-state index >= 15 is 0 Å². The number of hydrogen-bond donors (Lipinski definition) is 1. The minimum atomic E-state index is -0.407. The molecule has 3 aromatic rings. The van der Waals surface area contributed by atoms with Gasteiger partial charge in [-0.25, -0.2) is 4.68 Å². The lowest BCUT2D eigenvalue weighted by Gasteiger charge is -2.11. The first kappa shape index (κ1) is 14.0. The molecule has 21 heavy (non-hydrogen) atoms. The number of benzene rings is 1. The number of anilines is 1. The summed E-state index contributed by atoms with van der Waals surface area (Å²) < 4.78 is 1.78. The minimum absolute atomic E-state index is 0.173. The van der Waals surface area contributed by atoms with Crippen LogP contribution in [0.2, 0.25) is 9.49 Å². The van der Waals surface area contributed by atoms with Crippen molar-refractivity contribution in [1.82, 2.24) is 20.0 Å². The van der Waals surface area contributed by atoms with Crippen LogP contribution in [0, 0.1) is 0 Å². The van der Waals surface area contributed by atoms with E-state index in [-0.39, 0.29) is 9.47 Å². The first-order valence-corrected chi connectivity index (χ1v) is 7.31. The normalized spacial score (nSPS) is 10.6. The Morgan fingerprint density at radius 1 is 1.24 bits per heavy atom. The van der Waals surface area contributed by atoms with Crippen LogP contribution in [0.25, 0.3) is 5.69 Å². The predicted molar refractivity (Wildman–Crippen MR) is 81.4 cm³/mol. The van der Waals surface area contributed by atoms with Gasteiger partial charge in [0.1, 0.15) is 5.69 Å². The Hall–Kier alpha value is -1.96. The molecule has 9 heteroatoms. The van der Waals surface area contributed by atoms with Gasteiger partial charge in [0.2, 0.25) is 9.47 Å². The van der Waals surface area contributed by atoms with Gasteiger partial charge in [-0.2, -0.15) is 5.10 Å². The highest BCUT2D eigenvalue weighted by Crippen LogP contribution is 2.28. The van der Waals surface area contributed by atoms with Crippen molar-refractivity contribution in [3.05, 3.63) is 51.2 Å². The molecule has 0 aliphatic heterocycles. The van der Waals surface area contributed by atoms with Crippen LogP contribution in [0.5, 0.6) is 0 Å². The lowest BCUT2D eigenvalue weighted by molar-refractivity contribution is 0.102. The summed E-state index contributed by atoms with van der Waals surface area (Å²) in [6.45, 7) is 0. The maximum atomic E-state index is 12.1. The average Bonchev–Trinajstić information content (AvgIpc) is 3.10. The summed E-state index contributed by atoms with van der Waals surface area (Å²) in [6, 6.07) is 6.94. The molecule has 106 valence electrons. The smallest absolute Gasteiger partial charge is 0.286 e. The van der Waals surface area contributed by atoms with Gasteiger partial charge >= 0.3 is 0 Å². The first-order valence-electron chi connectivity index (χ1n) is 5.74. The Kier molecular flexibility index (Phi) is 3.87. The third-order valence-electron chi connectivity index (χ3n) is 2.56. The molecular weight excluding hydrogens is 333 g/mol. The predicted octanol–water partition coefficient (Wildman–Crippen LogP) is 3.28. The van der Waals surface area contributed by atoms with E-state index in [1.165, 1.54) is 0 Å². The zero-order chi connectivity index (χ0) is 14.8. The van der Waals surface area contributed by atoms with Crippen molar-refractivity contribution in [2.75, 3.05) is 5.32 Å². The number of hydrogen-bond acceptors (Lipinski definition) is 5. The van der Waals surface area contributed by atoms with Crippen molar-refractivity contribution < 1.29 is 4.79 Å². The van der Waals surface area contributed by atoms with Crippen molar-refractivity contribution in [3.8, 4) is 5.69 Å². The van der Waals surface area contributed by atoms with E-state index < -0.39 is 5.91 Å². The number of halogens is 2. The van der Waals surface area contributed by atoms with Gasteiger partial charge < -0.3 is 5.32 Å². The maximum Gasteiger partial charge on any atom is 0.286 e. The minimum Gasteiger partial charge on any atom is -0.318 e. The molecule has 0 aliphatic carbocycles. The summed E-state index contributed by atoms with van der Waals surface area (Å²) in [5.74, 6) is -0.407. The highest BCUT2D eigenvalue weighted by atomic mass is 35.5. The number of aromatic nitrogens is 4. The van der Waals surface area contributed by atoms with Gasteiger partial charge in [0, 0.05) is 12.4 Å². The van der Waals surface area contributed by atoms with Gasteiger partial charge in [0.25, 0.3) is 5.91 Å². The molecule has 2 aromatic heterocycles. The summed E-state index contributed by atoms with van der Waals surface area (Å²) in [5.41, 5.74) is 1.09. The van der Waals surface area contributed by atoms with E-state index in [0.717, 1.165) is 11.3 Å². The van der Waals surface area contributed by atoms with Gasteiger partial charge in [-0.05, 0) is 29.8 Å². The van der Waals surface area contributed by atoms with Crippen molar-refractivity contribution in [3.63, 3.8) is 0 Å². The quantitative estimate of drug-likeness (QED) is 0.794. The first-order chi connectivity index (χ1) is 10.1. The van der Waals surface area contributed by atoms with Gasteiger partial charge in [-0.15, -0.1) is 10.2 Å². The fourth-order valence-electron chi connectivity index (χ4n) is 1.72. The summed E-state index contributed by atoms with van der Waals surface area (Å²) in [7, 11) is 0. The molecule has 1 aromatic carbocycles. The monoisotopic (exact) mass is 339 g/mol. The average molecular weight is 340 g/mol. The molecule has 3 rings (SSSR count). The standard InChI is InChI=1S/C12H7Cl2N5OS/c13-7-3-1-4-8(9(7)19-6-2-5-15-19)16-10(20)11-17-18-12(14)21-11/h1-6H,(H,16,20). The van der Waals surface area contributed by atoms with Crippen LogP contribution in [-0.4, -0.2) is 25.9 Å².